The minimum Gasteiger partial charge on any atom is -0.396 e. The van der Waals surface area contributed by atoms with Crippen molar-refractivity contribution in [2.45, 2.75) is 59.4 Å². The smallest absolute Gasteiger partial charge is 0.264 e. The summed E-state index contributed by atoms with van der Waals surface area (Å²) in [6, 6.07) is 2.22. The summed E-state index contributed by atoms with van der Waals surface area (Å²) in [7, 11) is 0. The second-order valence-electron chi connectivity index (χ2n) is 5.33. The van der Waals surface area contributed by atoms with Crippen molar-refractivity contribution in [2.75, 3.05) is 13.2 Å². The topological polar surface area (TPSA) is 40.5 Å². The molecule has 0 atom stereocenters. The fourth-order valence-electron chi connectivity index (χ4n) is 2.29. The van der Waals surface area contributed by atoms with Gasteiger partial charge in [0.05, 0.1) is 4.88 Å². The summed E-state index contributed by atoms with van der Waals surface area (Å²) in [5.74, 6) is 0.107. The zero-order chi connectivity index (χ0) is 15.1. The average molecular weight is 297 g/mol. The van der Waals surface area contributed by atoms with E-state index in [-0.39, 0.29) is 18.6 Å². The molecule has 1 N–H and O–H groups in total. The summed E-state index contributed by atoms with van der Waals surface area (Å²) in [6.07, 6.45) is 3.79. The van der Waals surface area contributed by atoms with Crippen LogP contribution >= 0.6 is 11.3 Å². The van der Waals surface area contributed by atoms with Gasteiger partial charge in [0, 0.05) is 24.1 Å². The minimum absolute atomic E-state index is 0.107. The van der Waals surface area contributed by atoms with Crippen molar-refractivity contribution in [2.24, 2.45) is 0 Å². The molecular formula is C16H27NO2S. The molecule has 0 saturated carbocycles. The lowest BCUT2D eigenvalue weighted by Gasteiger charge is -2.26. The first kappa shape index (κ1) is 17.2. The van der Waals surface area contributed by atoms with Crippen molar-refractivity contribution >= 4 is 17.2 Å². The van der Waals surface area contributed by atoms with Gasteiger partial charge >= 0.3 is 0 Å². The normalized spacial score (nSPS) is 11.1. The summed E-state index contributed by atoms with van der Waals surface area (Å²) in [4.78, 5) is 16.7. The molecule has 0 unspecified atom stereocenters. The first-order valence-electron chi connectivity index (χ1n) is 7.58. The predicted molar refractivity (Wildman–Crippen MR) is 85.6 cm³/mol. The Balaban J connectivity index is 2.93. The second-order valence-corrected chi connectivity index (χ2v) is 6.47. The molecule has 0 saturated heterocycles. The van der Waals surface area contributed by atoms with E-state index < -0.39 is 0 Å². The molecule has 1 aromatic heterocycles. The highest BCUT2D eigenvalue weighted by Gasteiger charge is 2.21. The Kier molecular flexibility index (Phi) is 7.24. The summed E-state index contributed by atoms with van der Waals surface area (Å²) in [5, 5.41) is 8.97. The Morgan fingerprint density at radius 3 is 2.60 bits per heavy atom. The largest absolute Gasteiger partial charge is 0.396 e. The lowest BCUT2D eigenvalue weighted by molar-refractivity contribution is 0.0698. The van der Waals surface area contributed by atoms with E-state index in [4.69, 9.17) is 5.11 Å². The molecule has 1 rings (SSSR count). The summed E-state index contributed by atoms with van der Waals surface area (Å²) in [5.41, 5.74) is 1.31. The van der Waals surface area contributed by atoms with Crippen LogP contribution in [0.3, 0.4) is 0 Å². The van der Waals surface area contributed by atoms with Crippen LogP contribution in [0.15, 0.2) is 6.07 Å². The Bertz CT molecular complexity index is 426. The quantitative estimate of drug-likeness (QED) is 0.798. The van der Waals surface area contributed by atoms with Gasteiger partial charge in [-0.2, -0.15) is 0 Å². The molecule has 3 nitrogen and oxygen atoms in total. The molecule has 1 amide bonds. The number of thiophene rings is 1. The number of hydrogen-bond acceptors (Lipinski definition) is 3. The van der Waals surface area contributed by atoms with E-state index in [2.05, 4.69) is 19.9 Å². The molecule has 0 aliphatic rings. The molecule has 0 aromatic carbocycles. The highest BCUT2D eigenvalue weighted by Crippen LogP contribution is 2.26. The second kappa shape index (κ2) is 8.42. The Labute approximate surface area is 126 Å². The van der Waals surface area contributed by atoms with Crippen LogP contribution in [-0.4, -0.2) is 35.1 Å². The third-order valence-corrected chi connectivity index (χ3v) is 4.63. The van der Waals surface area contributed by atoms with Gasteiger partial charge in [0.15, 0.2) is 0 Å². The fourth-order valence-corrected chi connectivity index (χ4v) is 3.60. The molecule has 4 heteroatoms. The van der Waals surface area contributed by atoms with Gasteiger partial charge in [-0.1, -0.05) is 20.3 Å². The van der Waals surface area contributed by atoms with Crippen molar-refractivity contribution in [3.8, 4) is 0 Å². The van der Waals surface area contributed by atoms with Crippen molar-refractivity contribution in [1.29, 1.82) is 0 Å². The van der Waals surface area contributed by atoms with Crippen LogP contribution in [0.25, 0.3) is 0 Å². The monoisotopic (exact) mass is 297 g/mol. The van der Waals surface area contributed by atoms with Gasteiger partial charge in [0.2, 0.25) is 0 Å². The van der Waals surface area contributed by atoms with E-state index in [0.29, 0.717) is 13.0 Å². The number of carbonyl (C=O) groups excluding carboxylic acids is 1. The maximum Gasteiger partial charge on any atom is 0.264 e. The highest BCUT2D eigenvalue weighted by molar-refractivity contribution is 7.14. The number of rotatable bonds is 8. The molecule has 0 bridgehead atoms. The van der Waals surface area contributed by atoms with E-state index in [1.165, 1.54) is 10.4 Å². The molecule has 0 aliphatic heterocycles. The molecule has 0 aliphatic carbocycles. The molecule has 0 spiro atoms. The highest BCUT2D eigenvalue weighted by atomic mass is 32.1. The van der Waals surface area contributed by atoms with Crippen molar-refractivity contribution in [1.82, 2.24) is 4.90 Å². The lowest BCUT2D eigenvalue weighted by Crippen LogP contribution is -2.37. The number of aryl methyl sites for hydroxylation is 2. The molecule has 0 fully saturated rings. The van der Waals surface area contributed by atoms with E-state index in [9.17, 15) is 4.79 Å². The van der Waals surface area contributed by atoms with E-state index in [1.807, 2.05) is 18.7 Å². The van der Waals surface area contributed by atoms with Gasteiger partial charge in [0.25, 0.3) is 5.91 Å². The number of hydrogen-bond donors (Lipinski definition) is 1. The summed E-state index contributed by atoms with van der Waals surface area (Å²) in [6.45, 7) is 9.11. The van der Waals surface area contributed by atoms with Gasteiger partial charge in [-0.05, 0) is 44.7 Å². The zero-order valence-corrected chi connectivity index (χ0v) is 13.9. The zero-order valence-electron chi connectivity index (χ0n) is 13.1. The first-order chi connectivity index (χ1) is 9.54. The average Bonchev–Trinajstić information content (AvgIpc) is 2.82. The number of amides is 1. The number of aliphatic hydroxyl groups is 1. The van der Waals surface area contributed by atoms with Crippen LogP contribution in [0.4, 0.5) is 0 Å². The number of aliphatic hydroxyl groups excluding tert-OH is 1. The standard InChI is InChI=1S/C16H27NO2S/c1-5-8-14-13(6-2)11-15(20-14)16(19)17(12(3)4)9-7-10-18/h11-12,18H,5-10H2,1-4H3. The van der Waals surface area contributed by atoms with Crippen LogP contribution in [-0.2, 0) is 12.8 Å². The van der Waals surface area contributed by atoms with Crippen LogP contribution in [0, 0.1) is 0 Å². The van der Waals surface area contributed by atoms with Gasteiger partial charge in [-0.15, -0.1) is 11.3 Å². The SMILES string of the molecule is CCCc1sc(C(=O)N(CCCO)C(C)C)cc1CC. The van der Waals surface area contributed by atoms with Gasteiger partial charge in [-0.3, -0.25) is 4.79 Å². The van der Waals surface area contributed by atoms with Crippen LogP contribution in [0.2, 0.25) is 0 Å². The van der Waals surface area contributed by atoms with E-state index in [1.54, 1.807) is 11.3 Å². The van der Waals surface area contributed by atoms with Gasteiger partial charge < -0.3 is 10.0 Å². The Morgan fingerprint density at radius 2 is 2.10 bits per heavy atom. The third kappa shape index (κ3) is 4.32. The van der Waals surface area contributed by atoms with Crippen LogP contribution < -0.4 is 0 Å². The van der Waals surface area contributed by atoms with Crippen molar-refractivity contribution < 1.29 is 9.90 Å². The molecular weight excluding hydrogens is 270 g/mol. The molecule has 114 valence electrons. The third-order valence-electron chi connectivity index (χ3n) is 3.41. The predicted octanol–water partition coefficient (Wildman–Crippen LogP) is 3.50. The van der Waals surface area contributed by atoms with E-state index in [0.717, 1.165) is 24.1 Å². The molecule has 1 heterocycles. The van der Waals surface area contributed by atoms with Gasteiger partial charge in [0.1, 0.15) is 0 Å². The molecule has 20 heavy (non-hydrogen) atoms. The fraction of sp³-hybridized carbons (Fsp3) is 0.688. The number of nitrogens with zero attached hydrogens (tertiary/aromatic N) is 1. The number of carbonyl (C=O) groups is 1. The Morgan fingerprint density at radius 1 is 1.40 bits per heavy atom. The lowest BCUT2D eigenvalue weighted by atomic mass is 10.1. The van der Waals surface area contributed by atoms with Crippen LogP contribution in [0.5, 0.6) is 0 Å². The summed E-state index contributed by atoms with van der Waals surface area (Å²) >= 11 is 1.64. The summed E-state index contributed by atoms with van der Waals surface area (Å²) < 4.78 is 0. The van der Waals surface area contributed by atoms with Crippen molar-refractivity contribution in [3.63, 3.8) is 0 Å². The minimum atomic E-state index is 0.107. The Hall–Kier alpha value is -0.870. The van der Waals surface area contributed by atoms with Crippen LogP contribution in [0.1, 0.15) is 60.6 Å². The molecule has 1 aromatic rings. The van der Waals surface area contributed by atoms with E-state index >= 15 is 0 Å². The van der Waals surface area contributed by atoms with Crippen molar-refractivity contribution in [3.05, 3.63) is 21.4 Å². The maximum atomic E-state index is 12.6. The maximum absolute atomic E-state index is 12.6. The first-order valence-corrected chi connectivity index (χ1v) is 8.40. The molecule has 0 radical (unpaired) electrons. The van der Waals surface area contributed by atoms with Gasteiger partial charge in [-0.25, -0.2) is 0 Å².